The van der Waals surface area contributed by atoms with Crippen LogP contribution in [0.1, 0.15) is 81.2 Å². The van der Waals surface area contributed by atoms with Crippen molar-refractivity contribution in [2.24, 2.45) is 17.3 Å². The summed E-state index contributed by atoms with van der Waals surface area (Å²) >= 11 is 8.63. The highest BCUT2D eigenvalue weighted by Crippen LogP contribution is 2.44. The molecule has 1 saturated heterocycles. The first-order valence-corrected chi connectivity index (χ1v) is 18.4. The summed E-state index contributed by atoms with van der Waals surface area (Å²) in [6, 6.07) is 10.5. The van der Waals surface area contributed by atoms with E-state index in [0.29, 0.717) is 32.1 Å². The van der Waals surface area contributed by atoms with E-state index in [4.69, 9.17) is 31.5 Å². The van der Waals surface area contributed by atoms with Gasteiger partial charge in [0.1, 0.15) is 3.53 Å². The van der Waals surface area contributed by atoms with Crippen molar-refractivity contribution in [1.82, 2.24) is 4.90 Å². The highest BCUT2D eigenvalue weighted by atomic mass is 32.2. The molecular formula is C35H57NO7S3. The maximum Gasteiger partial charge on any atom is 0.335 e. The number of aliphatic hydroxyl groups is 1. The minimum atomic E-state index is -0.703. The van der Waals surface area contributed by atoms with Crippen LogP contribution in [0.3, 0.4) is 0 Å². The summed E-state index contributed by atoms with van der Waals surface area (Å²) in [5.41, 5.74) is 1.26. The van der Waals surface area contributed by atoms with Gasteiger partial charge in [0.15, 0.2) is 18.0 Å². The van der Waals surface area contributed by atoms with Crippen LogP contribution in [0.15, 0.2) is 30.3 Å². The molecule has 1 unspecified atom stereocenters. The molecule has 1 aromatic rings. The van der Waals surface area contributed by atoms with E-state index in [1.165, 1.54) is 17.3 Å². The molecule has 11 heteroatoms. The van der Waals surface area contributed by atoms with Crippen LogP contribution in [-0.4, -0.2) is 92.9 Å². The molecule has 8 nitrogen and oxygen atoms in total. The van der Waals surface area contributed by atoms with Crippen LogP contribution in [0.5, 0.6) is 0 Å². The van der Waals surface area contributed by atoms with Crippen molar-refractivity contribution in [2.75, 3.05) is 38.7 Å². The smallest absolute Gasteiger partial charge is 0.335 e. The van der Waals surface area contributed by atoms with E-state index in [1.54, 1.807) is 39.5 Å². The Morgan fingerprint density at radius 3 is 2.09 bits per heavy atom. The van der Waals surface area contributed by atoms with Gasteiger partial charge in [0.05, 0.1) is 31.8 Å². The first kappa shape index (κ1) is 42.5. The van der Waals surface area contributed by atoms with E-state index in [0.717, 1.165) is 16.4 Å². The second kappa shape index (κ2) is 20.8. The lowest BCUT2D eigenvalue weighted by Crippen LogP contribution is -2.49. The second-order valence-corrected chi connectivity index (χ2v) is 17.5. The van der Waals surface area contributed by atoms with E-state index in [-0.39, 0.29) is 46.4 Å². The van der Waals surface area contributed by atoms with Crippen molar-refractivity contribution < 1.29 is 33.7 Å². The van der Waals surface area contributed by atoms with Crippen molar-refractivity contribution in [1.29, 1.82) is 0 Å². The fraction of sp³-hybridized carbons (Fsp3) is 0.714. The Hall–Kier alpha value is -1.50. The Labute approximate surface area is 291 Å². The number of carbonyl (C=O) groups is 3. The van der Waals surface area contributed by atoms with Gasteiger partial charge in [-0.2, -0.15) is 0 Å². The standard InChI is InChI=1S/C23H35NO3S3.C12H22O4/c1-22(2,16-18-8-6-5-7-9-18)17-19(20(26)24-10-13-27-14-11-24)23(3,4)30-21(28)29-15-12-25;1-7(2)11(13)9(5)16-12(14)10(6)15-8(3)4/h5-9,19,25H,10-17H2,1-4H3;7-10H,1-6H3/t;9-,10-/m.1/s1. The predicted molar refractivity (Wildman–Crippen MR) is 194 cm³/mol. The van der Waals surface area contributed by atoms with Crippen LogP contribution in [0.25, 0.3) is 0 Å². The number of benzene rings is 1. The summed E-state index contributed by atoms with van der Waals surface area (Å²) in [6.45, 7) is 21.8. The first-order chi connectivity index (χ1) is 21.4. The zero-order valence-corrected chi connectivity index (χ0v) is 31.9. The maximum absolute atomic E-state index is 13.6. The molecule has 262 valence electrons. The number of esters is 1. The molecule has 3 atom stereocenters. The zero-order chi connectivity index (χ0) is 35.1. The molecule has 1 fully saturated rings. The fourth-order valence-electron chi connectivity index (χ4n) is 5.11. The highest BCUT2D eigenvalue weighted by Gasteiger charge is 2.42. The van der Waals surface area contributed by atoms with Crippen molar-refractivity contribution >= 4 is 56.9 Å². The molecular weight excluding hydrogens is 643 g/mol. The maximum atomic E-state index is 13.6. The third-order valence-corrected chi connectivity index (χ3v) is 10.3. The molecule has 1 aliphatic heterocycles. The van der Waals surface area contributed by atoms with Crippen molar-refractivity contribution in [3.63, 3.8) is 0 Å². The number of hydrogen-bond donors (Lipinski definition) is 1. The topological polar surface area (TPSA) is 102 Å². The third kappa shape index (κ3) is 16.1. The van der Waals surface area contributed by atoms with Gasteiger partial charge in [0.25, 0.3) is 0 Å². The number of Topliss-reactive ketones (excluding diaryl/α,β-unsaturated/α-hetero) is 1. The van der Waals surface area contributed by atoms with Crippen LogP contribution in [0.2, 0.25) is 0 Å². The summed E-state index contributed by atoms with van der Waals surface area (Å²) < 4.78 is 16.2. The van der Waals surface area contributed by atoms with Gasteiger partial charge in [-0.3, -0.25) is 9.59 Å². The quantitative estimate of drug-likeness (QED) is 0.159. The minimum Gasteiger partial charge on any atom is -0.453 e. The van der Waals surface area contributed by atoms with Crippen LogP contribution < -0.4 is 0 Å². The Morgan fingerprint density at radius 2 is 1.57 bits per heavy atom. The monoisotopic (exact) mass is 699 g/mol. The number of aliphatic hydroxyl groups excluding tert-OH is 1. The number of ether oxygens (including phenoxy) is 3. The number of rotatable bonds is 15. The Bertz CT molecular complexity index is 1090. The zero-order valence-electron chi connectivity index (χ0n) is 29.5. The van der Waals surface area contributed by atoms with E-state index in [2.05, 4.69) is 52.0 Å². The van der Waals surface area contributed by atoms with Crippen LogP contribution in [-0.2, 0) is 35.0 Å². The summed E-state index contributed by atoms with van der Waals surface area (Å²) in [5, 5.41) is 9.11. The average Bonchev–Trinajstić information content (AvgIpc) is 2.98. The fourth-order valence-corrected chi connectivity index (χ4v) is 8.15. The highest BCUT2D eigenvalue weighted by molar-refractivity contribution is 8.47. The molecule has 1 heterocycles. The lowest BCUT2D eigenvalue weighted by atomic mass is 9.74. The number of carbonyl (C=O) groups excluding carboxylic acids is 3. The summed E-state index contributed by atoms with van der Waals surface area (Å²) in [5.74, 6) is -0.0768. The second-order valence-electron chi connectivity index (χ2n) is 13.5. The third-order valence-electron chi connectivity index (χ3n) is 7.47. The molecule has 0 radical (unpaired) electrons. The van der Waals surface area contributed by atoms with Gasteiger partial charge >= 0.3 is 5.97 Å². The molecule has 0 bridgehead atoms. The summed E-state index contributed by atoms with van der Waals surface area (Å²) in [4.78, 5) is 38.6. The lowest BCUT2D eigenvalue weighted by molar-refractivity contribution is -0.167. The molecule has 46 heavy (non-hydrogen) atoms. The lowest BCUT2D eigenvalue weighted by Gasteiger charge is -2.41. The SMILES string of the molecule is CC(C)(Cc1ccccc1)CC(C(=O)N1CCOCC1)C(C)(C)SC(=S)SCCO.CC(C)O[C@H](C)C(=O)O[C@H](C)C(=O)C(C)C. The van der Waals surface area contributed by atoms with Crippen LogP contribution in [0, 0.1) is 17.3 Å². The number of morpholine rings is 1. The minimum absolute atomic E-state index is 0.0361. The molecule has 1 amide bonds. The van der Waals surface area contributed by atoms with Gasteiger partial charge in [-0.25, -0.2) is 4.79 Å². The first-order valence-electron chi connectivity index (χ1n) is 16.2. The van der Waals surface area contributed by atoms with Gasteiger partial charge in [0.2, 0.25) is 5.91 Å². The molecule has 0 spiro atoms. The Balaban J connectivity index is 0.000000561. The largest absolute Gasteiger partial charge is 0.453 e. The molecule has 0 aromatic heterocycles. The van der Waals surface area contributed by atoms with Gasteiger partial charge < -0.3 is 24.2 Å². The predicted octanol–water partition coefficient (Wildman–Crippen LogP) is 6.60. The van der Waals surface area contributed by atoms with E-state index in [1.807, 2.05) is 24.8 Å². The number of thiocarbonyl (C=S) groups is 1. The molecule has 1 N–H and O–H groups in total. The summed E-state index contributed by atoms with van der Waals surface area (Å²) in [7, 11) is 0. The van der Waals surface area contributed by atoms with Gasteiger partial charge in [0, 0.05) is 29.5 Å². The number of hydrogen-bond acceptors (Lipinski definition) is 10. The van der Waals surface area contributed by atoms with Gasteiger partial charge in [-0.1, -0.05) is 70.2 Å². The van der Waals surface area contributed by atoms with Crippen LogP contribution >= 0.6 is 35.7 Å². The number of nitrogens with zero attached hydrogens (tertiary/aromatic N) is 1. The molecule has 0 saturated carbocycles. The number of thioether (sulfide) groups is 2. The summed E-state index contributed by atoms with van der Waals surface area (Å²) in [6.07, 6.45) is 0.322. The molecule has 1 aromatic carbocycles. The van der Waals surface area contributed by atoms with Gasteiger partial charge in [-0.15, -0.1) is 23.5 Å². The average molecular weight is 700 g/mol. The Kier molecular flexibility index (Phi) is 19.2. The van der Waals surface area contributed by atoms with Crippen molar-refractivity contribution in [3.05, 3.63) is 35.9 Å². The molecule has 0 aliphatic carbocycles. The van der Waals surface area contributed by atoms with E-state index in [9.17, 15) is 14.4 Å². The van der Waals surface area contributed by atoms with E-state index >= 15 is 0 Å². The number of amides is 1. The van der Waals surface area contributed by atoms with Crippen LogP contribution in [0.4, 0.5) is 0 Å². The Morgan fingerprint density at radius 1 is 0.978 bits per heavy atom. The van der Waals surface area contributed by atoms with Gasteiger partial charge in [-0.05, 0) is 65.4 Å². The van der Waals surface area contributed by atoms with Crippen molar-refractivity contribution in [2.45, 2.75) is 105 Å². The molecule has 1 aliphatic rings. The molecule has 2 rings (SSSR count). The van der Waals surface area contributed by atoms with E-state index < -0.39 is 18.2 Å². The normalized spacial score (nSPS) is 15.9. The number of ketones is 1. The van der Waals surface area contributed by atoms with Crippen molar-refractivity contribution in [3.8, 4) is 0 Å².